The summed E-state index contributed by atoms with van der Waals surface area (Å²) in [4.78, 5) is 40.2. The third kappa shape index (κ3) is 4.09. The summed E-state index contributed by atoms with van der Waals surface area (Å²) < 4.78 is 32.0. The van der Waals surface area contributed by atoms with E-state index in [4.69, 9.17) is 4.74 Å². The molecule has 2 aliphatic heterocycles. The van der Waals surface area contributed by atoms with Gasteiger partial charge in [-0.1, -0.05) is 0 Å². The van der Waals surface area contributed by atoms with E-state index >= 15 is 0 Å². The van der Waals surface area contributed by atoms with Gasteiger partial charge in [0.05, 0.1) is 12.5 Å². The summed E-state index contributed by atoms with van der Waals surface area (Å²) in [5, 5.41) is 0. The molecule has 2 fully saturated rings. The molecule has 146 valence electrons. The molecule has 0 radical (unpaired) electrons. The molecular weight excluding hydrogens is 358 g/mol. The Hall–Kier alpha value is -2.51. The molecule has 2 heterocycles. The maximum absolute atomic E-state index is 13.5. The summed E-state index contributed by atoms with van der Waals surface area (Å²) in [7, 11) is 0. The second-order valence-electron chi connectivity index (χ2n) is 6.83. The number of amides is 2. The van der Waals surface area contributed by atoms with E-state index in [0.717, 1.165) is 31.0 Å². The minimum absolute atomic E-state index is 0.0343. The molecule has 2 amide bonds. The van der Waals surface area contributed by atoms with Crippen molar-refractivity contribution < 1.29 is 27.9 Å². The molecule has 2 saturated heterocycles. The van der Waals surface area contributed by atoms with Gasteiger partial charge in [0, 0.05) is 31.3 Å². The zero-order chi connectivity index (χ0) is 19.6. The number of ether oxygens (including phenoxy) is 1. The molecule has 8 heteroatoms. The van der Waals surface area contributed by atoms with Gasteiger partial charge in [0.25, 0.3) is 0 Å². The first-order chi connectivity index (χ1) is 12.9. The summed E-state index contributed by atoms with van der Waals surface area (Å²) in [6, 6.07) is 2.22. The molecule has 27 heavy (non-hydrogen) atoms. The minimum atomic E-state index is -0.786. The molecule has 0 aliphatic carbocycles. The molecule has 0 N–H and O–H groups in total. The first-order valence-electron chi connectivity index (χ1n) is 9.14. The molecule has 0 spiro atoms. The van der Waals surface area contributed by atoms with Gasteiger partial charge in [-0.15, -0.1) is 0 Å². The third-order valence-electron chi connectivity index (χ3n) is 4.98. The van der Waals surface area contributed by atoms with Crippen LogP contribution in [0.25, 0.3) is 0 Å². The van der Waals surface area contributed by atoms with Crippen LogP contribution in [0.5, 0.6) is 0 Å². The van der Waals surface area contributed by atoms with Gasteiger partial charge in [0.2, 0.25) is 11.8 Å². The van der Waals surface area contributed by atoms with Crippen LogP contribution in [0.1, 0.15) is 32.6 Å². The number of nitrogens with zero attached hydrogens (tertiary/aromatic N) is 2. The second kappa shape index (κ2) is 8.02. The van der Waals surface area contributed by atoms with Crippen LogP contribution in [0, 0.1) is 17.6 Å². The average molecular weight is 380 g/mol. The molecule has 2 unspecified atom stereocenters. The highest BCUT2D eigenvalue weighted by Gasteiger charge is 2.41. The quantitative estimate of drug-likeness (QED) is 0.752. The van der Waals surface area contributed by atoms with Gasteiger partial charge in [-0.3, -0.25) is 9.59 Å². The number of carbonyl (C=O) groups is 3. The van der Waals surface area contributed by atoms with E-state index in [1.54, 1.807) is 6.92 Å². The zero-order valence-electron chi connectivity index (χ0n) is 15.1. The van der Waals surface area contributed by atoms with Crippen LogP contribution in [0.4, 0.5) is 14.5 Å². The van der Waals surface area contributed by atoms with Crippen molar-refractivity contribution in [2.45, 2.75) is 38.6 Å². The number of likely N-dealkylation sites (tertiary alicyclic amines) is 1. The van der Waals surface area contributed by atoms with Gasteiger partial charge in [-0.2, -0.15) is 0 Å². The summed E-state index contributed by atoms with van der Waals surface area (Å²) >= 11 is 0. The Kier molecular flexibility index (Phi) is 5.72. The number of hydrogen-bond donors (Lipinski definition) is 0. The smallest absolute Gasteiger partial charge is 0.328 e. The van der Waals surface area contributed by atoms with E-state index in [9.17, 15) is 23.2 Å². The first kappa shape index (κ1) is 19.3. The standard InChI is InChI=1S/C19H22F2N2O4/c1-2-27-19(26)16-5-3-4-6-22(16)18(25)12-7-17(24)23(11-12)15-9-13(20)8-14(21)10-15/h8-10,12,16H,2-7,11H2,1H3. The monoisotopic (exact) mass is 380 g/mol. The lowest BCUT2D eigenvalue weighted by Gasteiger charge is -2.35. The second-order valence-corrected chi connectivity index (χ2v) is 6.83. The lowest BCUT2D eigenvalue weighted by Crippen LogP contribution is -2.51. The van der Waals surface area contributed by atoms with Gasteiger partial charge in [-0.05, 0) is 38.3 Å². The highest BCUT2D eigenvalue weighted by atomic mass is 19.1. The van der Waals surface area contributed by atoms with Crippen molar-refractivity contribution in [3.63, 3.8) is 0 Å². The Morgan fingerprint density at radius 1 is 1.19 bits per heavy atom. The van der Waals surface area contributed by atoms with Gasteiger partial charge in [-0.25, -0.2) is 13.6 Å². The molecule has 6 nitrogen and oxygen atoms in total. The van der Waals surface area contributed by atoms with Crippen LogP contribution < -0.4 is 4.90 Å². The SMILES string of the molecule is CCOC(=O)C1CCCCN1C(=O)C1CC(=O)N(c2cc(F)cc(F)c2)C1. The fourth-order valence-electron chi connectivity index (χ4n) is 3.73. The van der Waals surface area contributed by atoms with Crippen molar-refractivity contribution in [1.29, 1.82) is 0 Å². The zero-order valence-corrected chi connectivity index (χ0v) is 15.1. The number of piperidine rings is 1. The lowest BCUT2D eigenvalue weighted by atomic mass is 9.98. The Bertz CT molecular complexity index is 735. The number of esters is 1. The summed E-state index contributed by atoms with van der Waals surface area (Å²) in [6.07, 6.45) is 2.08. The number of benzene rings is 1. The van der Waals surface area contributed by atoms with E-state index in [1.165, 1.54) is 9.80 Å². The Morgan fingerprint density at radius 2 is 1.89 bits per heavy atom. The summed E-state index contributed by atoms with van der Waals surface area (Å²) in [5.74, 6) is -3.32. The largest absolute Gasteiger partial charge is 0.464 e. The van der Waals surface area contributed by atoms with Crippen LogP contribution >= 0.6 is 0 Å². The predicted molar refractivity (Wildman–Crippen MR) is 92.8 cm³/mol. The third-order valence-corrected chi connectivity index (χ3v) is 4.98. The van der Waals surface area contributed by atoms with Crippen molar-refractivity contribution >= 4 is 23.5 Å². The highest BCUT2D eigenvalue weighted by molar-refractivity contribution is 6.00. The van der Waals surface area contributed by atoms with Crippen LogP contribution in [0.3, 0.4) is 0 Å². The molecule has 0 aromatic heterocycles. The fraction of sp³-hybridized carbons (Fsp3) is 0.526. The van der Waals surface area contributed by atoms with Gasteiger partial charge >= 0.3 is 5.97 Å². The highest BCUT2D eigenvalue weighted by Crippen LogP contribution is 2.29. The van der Waals surface area contributed by atoms with Crippen molar-refractivity contribution in [2.24, 2.45) is 5.92 Å². The molecular formula is C19H22F2N2O4. The first-order valence-corrected chi connectivity index (χ1v) is 9.14. The molecule has 2 aliphatic rings. The maximum atomic E-state index is 13.5. The van der Waals surface area contributed by atoms with Crippen molar-refractivity contribution in [3.05, 3.63) is 29.8 Å². The average Bonchev–Trinajstić information content (AvgIpc) is 3.02. The van der Waals surface area contributed by atoms with E-state index < -0.39 is 29.6 Å². The Balaban J connectivity index is 1.75. The topological polar surface area (TPSA) is 66.9 Å². The van der Waals surface area contributed by atoms with E-state index in [1.807, 2.05) is 0 Å². The normalized spacial score (nSPS) is 22.9. The lowest BCUT2D eigenvalue weighted by molar-refractivity contribution is -0.158. The van der Waals surface area contributed by atoms with E-state index in [2.05, 4.69) is 0 Å². The number of anilines is 1. The number of halogens is 2. The molecule has 2 atom stereocenters. The van der Waals surface area contributed by atoms with Gasteiger partial charge in [0.1, 0.15) is 17.7 Å². The van der Waals surface area contributed by atoms with Crippen molar-refractivity contribution in [1.82, 2.24) is 4.90 Å². The summed E-state index contributed by atoms with van der Waals surface area (Å²) in [5.41, 5.74) is 0.0911. The number of carbonyl (C=O) groups excluding carboxylic acids is 3. The number of rotatable bonds is 4. The van der Waals surface area contributed by atoms with Crippen molar-refractivity contribution in [2.75, 3.05) is 24.6 Å². The molecule has 1 aromatic carbocycles. The number of hydrogen-bond acceptors (Lipinski definition) is 4. The van der Waals surface area contributed by atoms with E-state index in [0.29, 0.717) is 13.0 Å². The van der Waals surface area contributed by atoms with Gasteiger partial charge in [0.15, 0.2) is 0 Å². The fourth-order valence-corrected chi connectivity index (χ4v) is 3.73. The van der Waals surface area contributed by atoms with Crippen LogP contribution in [0.2, 0.25) is 0 Å². The molecule has 0 saturated carbocycles. The molecule has 1 aromatic rings. The Morgan fingerprint density at radius 3 is 2.56 bits per heavy atom. The van der Waals surface area contributed by atoms with Gasteiger partial charge < -0.3 is 14.5 Å². The van der Waals surface area contributed by atoms with Crippen molar-refractivity contribution in [3.8, 4) is 0 Å². The molecule has 0 bridgehead atoms. The maximum Gasteiger partial charge on any atom is 0.328 e. The predicted octanol–water partition coefficient (Wildman–Crippen LogP) is 2.26. The Labute approximate surface area is 156 Å². The van der Waals surface area contributed by atoms with Crippen LogP contribution in [-0.4, -0.2) is 48.4 Å². The van der Waals surface area contributed by atoms with Crippen LogP contribution in [-0.2, 0) is 19.1 Å². The minimum Gasteiger partial charge on any atom is -0.464 e. The molecule has 3 rings (SSSR count). The van der Waals surface area contributed by atoms with E-state index in [-0.39, 0.29) is 37.1 Å². The summed E-state index contributed by atoms with van der Waals surface area (Å²) in [6.45, 7) is 2.41. The van der Waals surface area contributed by atoms with Crippen LogP contribution in [0.15, 0.2) is 18.2 Å².